The van der Waals surface area contributed by atoms with Crippen LogP contribution in [-0.2, 0) is 4.79 Å². The summed E-state index contributed by atoms with van der Waals surface area (Å²) in [5.41, 5.74) is 5.03. The van der Waals surface area contributed by atoms with Crippen molar-refractivity contribution in [2.75, 3.05) is 33.3 Å². The molecule has 0 aromatic heterocycles. The third kappa shape index (κ3) is 8.73. The Hall–Kier alpha value is -6.10. The molecule has 4 rings (SSSR count). The minimum atomic E-state index is -0.551. The SMILES string of the molecule is CCOc1cc(/C=N\NC(=O)c2ccc(NC(=O)c3cc(OC)c(OC)c(OC)c3)cc2)ccc1OC(=O)/C=C/c1ccccc1. The van der Waals surface area contributed by atoms with Crippen LogP contribution in [0.15, 0.2) is 96.1 Å². The Morgan fingerprint density at radius 3 is 2.04 bits per heavy atom. The first-order valence-electron chi connectivity index (χ1n) is 14.1. The number of anilines is 1. The number of esters is 1. The number of nitrogens with zero attached hydrogens (tertiary/aromatic N) is 1. The second kappa shape index (κ2) is 16.1. The zero-order chi connectivity index (χ0) is 32.9. The number of rotatable bonds is 13. The van der Waals surface area contributed by atoms with Crippen LogP contribution in [0.1, 0.15) is 38.8 Å². The van der Waals surface area contributed by atoms with Gasteiger partial charge in [-0.05, 0) is 78.7 Å². The van der Waals surface area contributed by atoms with Crippen molar-refractivity contribution in [1.82, 2.24) is 5.43 Å². The van der Waals surface area contributed by atoms with Gasteiger partial charge in [0, 0.05) is 22.9 Å². The Bertz CT molecular complexity index is 1710. The Labute approximate surface area is 266 Å². The first-order chi connectivity index (χ1) is 22.3. The number of benzene rings is 4. The second-order valence-electron chi connectivity index (χ2n) is 9.45. The van der Waals surface area contributed by atoms with Gasteiger partial charge in [0.2, 0.25) is 5.75 Å². The van der Waals surface area contributed by atoms with Gasteiger partial charge in [-0.2, -0.15) is 5.10 Å². The largest absolute Gasteiger partial charge is 0.493 e. The maximum Gasteiger partial charge on any atom is 0.336 e. The van der Waals surface area contributed by atoms with Crippen LogP contribution in [0.2, 0.25) is 0 Å². The van der Waals surface area contributed by atoms with Gasteiger partial charge in [-0.1, -0.05) is 30.3 Å². The predicted octanol–water partition coefficient (Wildman–Crippen LogP) is 5.75. The van der Waals surface area contributed by atoms with E-state index in [0.29, 0.717) is 52.0 Å². The summed E-state index contributed by atoms with van der Waals surface area (Å²) in [5.74, 6) is 0.257. The van der Waals surface area contributed by atoms with Crippen molar-refractivity contribution in [3.63, 3.8) is 0 Å². The topological polar surface area (TPSA) is 134 Å². The Morgan fingerprint density at radius 2 is 1.41 bits per heavy atom. The summed E-state index contributed by atoms with van der Waals surface area (Å²) in [7, 11) is 4.41. The maximum atomic E-state index is 12.9. The average molecular weight is 624 g/mol. The first-order valence-corrected chi connectivity index (χ1v) is 14.1. The molecule has 236 valence electrons. The lowest BCUT2D eigenvalue weighted by Crippen LogP contribution is -2.18. The van der Waals surface area contributed by atoms with Crippen LogP contribution in [0.25, 0.3) is 6.08 Å². The molecule has 4 aromatic rings. The highest BCUT2D eigenvalue weighted by molar-refractivity contribution is 6.05. The van der Waals surface area contributed by atoms with Crippen LogP contribution in [0.3, 0.4) is 0 Å². The summed E-state index contributed by atoms with van der Waals surface area (Å²) in [6.45, 7) is 2.16. The molecule has 2 amide bonds. The van der Waals surface area contributed by atoms with E-state index in [-0.39, 0.29) is 5.75 Å². The van der Waals surface area contributed by atoms with Crippen LogP contribution >= 0.6 is 0 Å². The Morgan fingerprint density at radius 1 is 0.717 bits per heavy atom. The van der Waals surface area contributed by atoms with E-state index < -0.39 is 17.8 Å². The molecular weight excluding hydrogens is 590 g/mol. The monoisotopic (exact) mass is 623 g/mol. The number of amides is 2. The van der Waals surface area contributed by atoms with Gasteiger partial charge in [-0.15, -0.1) is 0 Å². The van der Waals surface area contributed by atoms with Crippen molar-refractivity contribution in [2.24, 2.45) is 5.10 Å². The number of nitrogens with one attached hydrogen (secondary N) is 2. The second-order valence-corrected chi connectivity index (χ2v) is 9.45. The molecule has 0 saturated carbocycles. The molecule has 2 N–H and O–H groups in total. The first kappa shape index (κ1) is 32.8. The van der Waals surface area contributed by atoms with Gasteiger partial charge in [0.05, 0.1) is 34.2 Å². The highest BCUT2D eigenvalue weighted by atomic mass is 16.6. The van der Waals surface area contributed by atoms with Crippen LogP contribution < -0.4 is 34.4 Å². The number of hydrogen-bond donors (Lipinski definition) is 2. The van der Waals surface area contributed by atoms with Crippen molar-refractivity contribution in [3.05, 3.63) is 113 Å². The van der Waals surface area contributed by atoms with Crippen LogP contribution in [0.4, 0.5) is 5.69 Å². The highest BCUT2D eigenvalue weighted by Crippen LogP contribution is 2.38. The molecule has 4 aromatic carbocycles. The molecule has 0 radical (unpaired) electrons. The van der Waals surface area contributed by atoms with Gasteiger partial charge >= 0.3 is 5.97 Å². The smallest absolute Gasteiger partial charge is 0.336 e. The summed E-state index contributed by atoms with van der Waals surface area (Å²) in [6, 6.07) is 23.7. The molecule has 0 fully saturated rings. The average Bonchev–Trinajstić information content (AvgIpc) is 3.08. The molecule has 0 aliphatic heterocycles. The van der Waals surface area contributed by atoms with Crippen molar-refractivity contribution in [1.29, 1.82) is 0 Å². The lowest BCUT2D eigenvalue weighted by Gasteiger charge is -2.14. The van der Waals surface area contributed by atoms with Crippen molar-refractivity contribution >= 4 is 35.8 Å². The van der Waals surface area contributed by atoms with Gasteiger partial charge < -0.3 is 29.0 Å². The Balaban J connectivity index is 1.35. The zero-order valence-electron chi connectivity index (χ0n) is 25.7. The zero-order valence-corrected chi connectivity index (χ0v) is 25.7. The summed E-state index contributed by atoms with van der Waals surface area (Å²) in [5, 5.41) is 6.80. The van der Waals surface area contributed by atoms with E-state index in [0.717, 1.165) is 5.56 Å². The third-order valence-electron chi connectivity index (χ3n) is 6.40. The van der Waals surface area contributed by atoms with E-state index in [1.807, 2.05) is 37.3 Å². The van der Waals surface area contributed by atoms with E-state index in [9.17, 15) is 14.4 Å². The molecule has 0 atom stereocenters. The lowest BCUT2D eigenvalue weighted by molar-refractivity contribution is -0.129. The van der Waals surface area contributed by atoms with Crippen LogP contribution in [0.5, 0.6) is 28.7 Å². The van der Waals surface area contributed by atoms with E-state index in [1.165, 1.54) is 33.6 Å². The van der Waals surface area contributed by atoms with Gasteiger partial charge in [0.25, 0.3) is 11.8 Å². The number of carbonyl (C=O) groups excluding carboxylic acids is 3. The molecule has 11 nitrogen and oxygen atoms in total. The molecule has 0 spiro atoms. The van der Waals surface area contributed by atoms with Gasteiger partial charge in [0.15, 0.2) is 23.0 Å². The lowest BCUT2D eigenvalue weighted by atomic mass is 10.1. The van der Waals surface area contributed by atoms with E-state index in [1.54, 1.807) is 60.7 Å². The number of hydrazone groups is 1. The van der Waals surface area contributed by atoms with Gasteiger partial charge in [0.1, 0.15) is 0 Å². The van der Waals surface area contributed by atoms with E-state index in [2.05, 4.69) is 15.8 Å². The predicted molar refractivity (Wildman–Crippen MR) is 174 cm³/mol. The summed E-state index contributed by atoms with van der Waals surface area (Å²) < 4.78 is 27.0. The van der Waals surface area contributed by atoms with Gasteiger partial charge in [-0.3, -0.25) is 9.59 Å². The molecule has 46 heavy (non-hydrogen) atoms. The molecule has 0 heterocycles. The van der Waals surface area contributed by atoms with Crippen molar-refractivity contribution < 1.29 is 38.1 Å². The molecule has 0 saturated heterocycles. The molecule has 0 aliphatic carbocycles. The molecule has 0 unspecified atom stereocenters. The fourth-order valence-electron chi connectivity index (χ4n) is 4.18. The quantitative estimate of drug-likeness (QED) is 0.0633. The number of ether oxygens (including phenoxy) is 5. The molecule has 11 heteroatoms. The standard InChI is InChI=1S/C35H33N3O8/c1-5-45-29-19-24(11-17-28(29)46-32(39)18-12-23-9-7-6-8-10-23)22-36-38-35(41)25-13-15-27(16-14-25)37-34(40)26-20-30(42-2)33(44-4)31(21-26)43-3/h6-22H,5H2,1-4H3,(H,37,40)(H,38,41)/b18-12+,36-22-. The third-order valence-corrected chi connectivity index (χ3v) is 6.40. The van der Waals surface area contributed by atoms with Gasteiger partial charge in [-0.25, -0.2) is 10.2 Å². The Kier molecular flexibility index (Phi) is 11.5. The summed E-state index contributed by atoms with van der Waals surface area (Å²) in [4.78, 5) is 37.9. The van der Waals surface area contributed by atoms with Crippen molar-refractivity contribution in [2.45, 2.75) is 6.92 Å². The van der Waals surface area contributed by atoms with E-state index >= 15 is 0 Å². The fourth-order valence-corrected chi connectivity index (χ4v) is 4.18. The fraction of sp³-hybridized carbons (Fsp3) is 0.143. The van der Waals surface area contributed by atoms with Crippen LogP contribution in [-0.4, -0.2) is 51.9 Å². The minimum Gasteiger partial charge on any atom is -0.493 e. The summed E-state index contributed by atoms with van der Waals surface area (Å²) >= 11 is 0. The number of methoxy groups -OCH3 is 3. The summed E-state index contributed by atoms with van der Waals surface area (Å²) in [6.07, 6.45) is 4.44. The normalized spacial score (nSPS) is 10.8. The molecule has 0 aliphatic rings. The molecule has 0 bridgehead atoms. The minimum absolute atomic E-state index is 0.253. The maximum absolute atomic E-state index is 12.9. The number of hydrogen-bond acceptors (Lipinski definition) is 9. The number of carbonyl (C=O) groups is 3. The molecular formula is C35H33N3O8. The van der Waals surface area contributed by atoms with Crippen molar-refractivity contribution in [3.8, 4) is 28.7 Å². The van der Waals surface area contributed by atoms with E-state index in [4.69, 9.17) is 23.7 Å². The highest BCUT2D eigenvalue weighted by Gasteiger charge is 2.17. The van der Waals surface area contributed by atoms with Crippen LogP contribution in [0, 0.1) is 0 Å².